The highest BCUT2D eigenvalue weighted by Gasteiger charge is 2.30. The van der Waals surface area contributed by atoms with E-state index in [4.69, 9.17) is 9.84 Å². The number of hydrogen-bond donors (Lipinski definition) is 1. The minimum absolute atomic E-state index is 0.479. The third-order valence-electron chi connectivity index (χ3n) is 7.34. The first-order valence-electron chi connectivity index (χ1n) is 15.0. The van der Waals surface area contributed by atoms with Gasteiger partial charge in [-0.05, 0) is 57.9 Å². The highest BCUT2D eigenvalue weighted by Crippen LogP contribution is 2.34. The molecule has 0 aliphatic rings. The molecule has 0 heterocycles. The molecule has 5 aromatic rings. The SMILES string of the molecule is CC(C)c1c(F)c(F)c(C(=O)O)c(F)c1F.CC(C)c1cccc2ccccc12.CCOc1ccc2ccccc2c1C(C)C. The molecule has 0 amide bonds. The molecule has 0 spiro atoms. The summed E-state index contributed by atoms with van der Waals surface area (Å²) < 4.78 is 58.5. The Morgan fingerprint density at radius 3 is 1.60 bits per heavy atom. The van der Waals surface area contributed by atoms with E-state index in [1.807, 2.05) is 6.92 Å². The molecule has 0 radical (unpaired) electrons. The van der Waals surface area contributed by atoms with E-state index in [0.29, 0.717) is 11.8 Å². The monoisotopic (exact) mass is 620 g/mol. The third-order valence-corrected chi connectivity index (χ3v) is 7.34. The van der Waals surface area contributed by atoms with Crippen LogP contribution in [-0.2, 0) is 0 Å². The topological polar surface area (TPSA) is 46.5 Å². The first-order chi connectivity index (χ1) is 21.3. The molecule has 0 aromatic heterocycles. The van der Waals surface area contributed by atoms with Crippen molar-refractivity contribution in [2.75, 3.05) is 6.61 Å². The van der Waals surface area contributed by atoms with Crippen LogP contribution in [0.15, 0.2) is 78.9 Å². The first-order valence-corrected chi connectivity index (χ1v) is 15.0. The van der Waals surface area contributed by atoms with Crippen LogP contribution >= 0.6 is 0 Å². The summed E-state index contributed by atoms with van der Waals surface area (Å²) in [4.78, 5) is 10.4. The minimum atomic E-state index is -2.05. The maximum Gasteiger partial charge on any atom is 0.341 e. The van der Waals surface area contributed by atoms with Gasteiger partial charge in [0.25, 0.3) is 0 Å². The number of aromatic carboxylic acids is 1. The number of hydrogen-bond acceptors (Lipinski definition) is 2. The number of benzene rings is 5. The van der Waals surface area contributed by atoms with E-state index < -0.39 is 46.3 Å². The standard InChI is InChI=1S/C15H18O.C13H14.C10H8F4O2/c1-4-16-14-10-9-12-7-5-6-8-13(12)15(14)11(2)3;1-10(2)12-9-5-7-11-6-3-4-8-13(11)12;1-3(2)4-6(11)8(13)5(10(15)16)9(14)7(4)12/h5-11H,4H2,1-3H3;3-10H,1-2H3;3H,1-2H3,(H,15,16). The molecule has 238 valence electrons. The van der Waals surface area contributed by atoms with Gasteiger partial charge in [0.1, 0.15) is 11.3 Å². The van der Waals surface area contributed by atoms with Crippen molar-refractivity contribution in [3.05, 3.63) is 124 Å². The van der Waals surface area contributed by atoms with Gasteiger partial charge < -0.3 is 9.84 Å². The zero-order valence-corrected chi connectivity index (χ0v) is 26.7. The molecular formula is C38H40F4O3. The van der Waals surface area contributed by atoms with Crippen LogP contribution in [0.3, 0.4) is 0 Å². The molecule has 0 fully saturated rings. The molecule has 5 rings (SSSR count). The zero-order chi connectivity index (χ0) is 33.4. The Hall–Kier alpha value is -4.39. The van der Waals surface area contributed by atoms with Crippen molar-refractivity contribution < 1.29 is 32.2 Å². The lowest BCUT2D eigenvalue weighted by molar-refractivity contribution is 0.0683. The van der Waals surface area contributed by atoms with Crippen LogP contribution in [0.1, 0.15) is 93.3 Å². The molecule has 0 aliphatic heterocycles. The quantitative estimate of drug-likeness (QED) is 0.152. The van der Waals surface area contributed by atoms with Crippen molar-refractivity contribution in [3.8, 4) is 5.75 Å². The summed E-state index contributed by atoms with van der Waals surface area (Å²) in [5, 5.41) is 13.7. The zero-order valence-electron chi connectivity index (χ0n) is 26.7. The fourth-order valence-electron chi connectivity index (χ4n) is 5.25. The molecule has 0 unspecified atom stereocenters. The number of halogens is 4. The van der Waals surface area contributed by atoms with Gasteiger partial charge in [-0.25, -0.2) is 22.4 Å². The van der Waals surface area contributed by atoms with Crippen molar-refractivity contribution in [2.45, 2.75) is 66.2 Å². The van der Waals surface area contributed by atoms with Crippen LogP contribution in [-0.4, -0.2) is 17.7 Å². The van der Waals surface area contributed by atoms with Crippen LogP contribution < -0.4 is 4.74 Å². The van der Waals surface area contributed by atoms with Crippen LogP contribution in [0.4, 0.5) is 17.6 Å². The molecule has 5 aromatic carbocycles. The average Bonchev–Trinajstić information content (AvgIpc) is 3.00. The first kappa shape index (κ1) is 35.1. The summed E-state index contributed by atoms with van der Waals surface area (Å²) in [5.74, 6) is -7.83. The lowest BCUT2D eigenvalue weighted by atomic mass is 9.95. The van der Waals surface area contributed by atoms with Gasteiger partial charge >= 0.3 is 5.97 Å². The predicted molar refractivity (Wildman–Crippen MR) is 175 cm³/mol. The summed E-state index contributed by atoms with van der Waals surface area (Å²) in [7, 11) is 0. The number of carboxylic acids is 1. The van der Waals surface area contributed by atoms with Gasteiger partial charge in [0, 0.05) is 11.1 Å². The van der Waals surface area contributed by atoms with Gasteiger partial charge in [0.15, 0.2) is 23.3 Å². The summed E-state index contributed by atoms with van der Waals surface area (Å²) >= 11 is 0. The Morgan fingerprint density at radius 2 is 1.11 bits per heavy atom. The van der Waals surface area contributed by atoms with Gasteiger partial charge in [0.2, 0.25) is 0 Å². The number of fused-ring (bicyclic) bond motifs is 2. The smallest absolute Gasteiger partial charge is 0.341 e. The van der Waals surface area contributed by atoms with Gasteiger partial charge in [-0.3, -0.25) is 0 Å². The second-order valence-electron chi connectivity index (χ2n) is 11.5. The summed E-state index contributed by atoms with van der Waals surface area (Å²) in [6.07, 6.45) is 0. The summed E-state index contributed by atoms with van der Waals surface area (Å²) in [6, 6.07) is 27.8. The third kappa shape index (κ3) is 8.01. The Balaban J connectivity index is 0.000000185. The molecule has 0 aliphatic carbocycles. The largest absolute Gasteiger partial charge is 0.494 e. The summed E-state index contributed by atoms with van der Waals surface area (Å²) in [6.45, 7) is 14.3. The Bertz CT molecular complexity index is 1740. The lowest BCUT2D eigenvalue weighted by Crippen LogP contribution is -2.13. The second-order valence-corrected chi connectivity index (χ2v) is 11.5. The molecule has 0 bridgehead atoms. The highest BCUT2D eigenvalue weighted by atomic mass is 19.2. The van der Waals surface area contributed by atoms with Gasteiger partial charge in [-0.1, -0.05) is 114 Å². The van der Waals surface area contributed by atoms with Gasteiger partial charge in [0.05, 0.1) is 6.61 Å². The van der Waals surface area contributed by atoms with Crippen LogP contribution in [0.5, 0.6) is 5.75 Å². The molecular weight excluding hydrogens is 580 g/mol. The van der Waals surface area contributed by atoms with E-state index in [1.165, 1.54) is 46.5 Å². The van der Waals surface area contributed by atoms with Crippen LogP contribution in [0.2, 0.25) is 0 Å². The van der Waals surface area contributed by atoms with Crippen LogP contribution in [0, 0.1) is 23.3 Å². The summed E-state index contributed by atoms with van der Waals surface area (Å²) in [5.41, 5.74) is 0.359. The van der Waals surface area contributed by atoms with Crippen molar-refractivity contribution in [1.82, 2.24) is 0 Å². The predicted octanol–water partition coefficient (Wildman–Crippen LogP) is 11.4. The molecule has 3 nitrogen and oxygen atoms in total. The van der Waals surface area contributed by atoms with Gasteiger partial charge in [-0.2, -0.15) is 0 Å². The maximum atomic E-state index is 13.3. The van der Waals surface area contributed by atoms with Crippen molar-refractivity contribution in [2.24, 2.45) is 0 Å². The maximum absolute atomic E-state index is 13.3. The minimum Gasteiger partial charge on any atom is -0.494 e. The van der Waals surface area contributed by atoms with Crippen molar-refractivity contribution >= 4 is 27.5 Å². The number of carboxylic acid groups (broad SMARTS) is 1. The Morgan fingerprint density at radius 1 is 0.622 bits per heavy atom. The fraction of sp³-hybridized carbons (Fsp3) is 0.289. The number of carbonyl (C=O) groups is 1. The number of ether oxygens (including phenoxy) is 1. The van der Waals surface area contributed by atoms with Crippen LogP contribution in [0.25, 0.3) is 21.5 Å². The van der Waals surface area contributed by atoms with E-state index in [1.54, 1.807) is 0 Å². The fourth-order valence-corrected chi connectivity index (χ4v) is 5.25. The molecule has 45 heavy (non-hydrogen) atoms. The molecule has 1 N–H and O–H groups in total. The molecule has 0 saturated heterocycles. The Kier molecular flexibility index (Phi) is 12.1. The normalized spacial score (nSPS) is 11.0. The van der Waals surface area contributed by atoms with E-state index >= 15 is 0 Å². The molecule has 7 heteroatoms. The van der Waals surface area contributed by atoms with E-state index in [0.717, 1.165) is 12.4 Å². The van der Waals surface area contributed by atoms with Crippen molar-refractivity contribution in [1.29, 1.82) is 0 Å². The average molecular weight is 621 g/mol. The van der Waals surface area contributed by atoms with E-state index in [2.05, 4.69) is 107 Å². The molecule has 0 atom stereocenters. The van der Waals surface area contributed by atoms with Gasteiger partial charge in [-0.15, -0.1) is 0 Å². The second kappa shape index (κ2) is 15.6. The molecule has 0 saturated carbocycles. The van der Waals surface area contributed by atoms with Crippen molar-refractivity contribution in [3.63, 3.8) is 0 Å². The Labute approximate surface area is 262 Å². The van der Waals surface area contributed by atoms with E-state index in [-0.39, 0.29) is 0 Å². The lowest BCUT2D eigenvalue weighted by Gasteiger charge is -2.16. The number of rotatable bonds is 6. The van der Waals surface area contributed by atoms with E-state index in [9.17, 15) is 22.4 Å². The highest BCUT2D eigenvalue weighted by molar-refractivity contribution is 5.89.